The number of benzene rings is 1. The van der Waals surface area contributed by atoms with E-state index in [1.165, 1.54) is 0 Å². The lowest BCUT2D eigenvalue weighted by atomic mass is 10.2. The van der Waals surface area contributed by atoms with Gasteiger partial charge in [-0.2, -0.15) is 0 Å². The summed E-state index contributed by atoms with van der Waals surface area (Å²) in [5, 5.41) is 2.71. The topological polar surface area (TPSA) is 60.3 Å². The molecule has 0 saturated heterocycles. The van der Waals surface area contributed by atoms with Gasteiger partial charge >= 0.3 is 5.97 Å². The Labute approximate surface area is 123 Å². The summed E-state index contributed by atoms with van der Waals surface area (Å²) in [5.41, 5.74) is 1.48. The summed E-state index contributed by atoms with van der Waals surface area (Å²) in [6, 6.07) is 11.1. The summed E-state index contributed by atoms with van der Waals surface area (Å²) in [5.74, 6) is -0.507. The number of esters is 1. The van der Waals surface area contributed by atoms with E-state index in [1.807, 2.05) is 41.2 Å². The molecular formula is C16H18N2O3. The predicted octanol–water partition coefficient (Wildman–Crippen LogP) is 2.16. The van der Waals surface area contributed by atoms with Gasteiger partial charge in [-0.25, -0.2) is 0 Å². The standard InChI is InChI=1S/C16H18N2O3/c1-2-21-15(19)8-9-17-16(20)13-6-5-7-14(12-13)18-10-3-4-11-18/h3-7,10-12H,2,8-9H2,1H3,(H,17,20). The highest BCUT2D eigenvalue weighted by atomic mass is 16.5. The third-order valence-corrected chi connectivity index (χ3v) is 2.93. The van der Waals surface area contributed by atoms with E-state index in [0.717, 1.165) is 5.69 Å². The van der Waals surface area contributed by atoms with Crippen LogP contribution < -0.4 is 5.32 Å². The summed E-state index contributed by atoms with van der Waals surface area (Å²) in [4.78, 5) is 23.2. The number of ether oxygens (including phenoxy) is 1. The van der Waals surface area contributed by atoms with E-state index in [2.05, 4.69) is 5.32 Å². The zero-order chi connectivity index (χ0) is 15.1. The fourth-order valence-corrected chi connectivity index (χ4v) is 1.93. The molecule has 0 aliphatic rings. The molecular weight excluding hydrogens is 268 g/mol. The van der Waals surface area contributed by atoms with Crippen LogP contribution in [0.25, 0.3) is 5.69 Å². The van der Waals surface area contributed by atoms with Crippen molar-refractivity contribution in [1.82, 2.24) is 9.88 Å². The smallest absolute Gasteiger partial charge is 0.307 e. The molecule has 0 bridgehead atoms. The maximum Gasteiger partial charge on any atom is 0.307 e. The molecule has 0 unspecified atom stereocenters. The molecule has 1 aromatic heterocycles. The van der Waals surface area contributed by atoms with Crippen molar-refractivity contribution in [2.45, 2.75) is 13.3 Å². The highest BCUT2D eigenvalue weighted by Crippen LogP contribution is 2.10. The predicted molar refractivity (Wildman–Crippen MR) is 79.4 cm³/mol. The van der Waals surface area contributed by atoms with Gasteiger partial charge < -0.3 is 14.6 Å². The molecule has 1 heterocycles. The summed E-state index contributed by atoms with van der Waals surface area (Å²) in [6.45, 7) is 2.38. The largest absolute Gasteiger partial charge is 0.466 e. The molecule has 0 spiro atoms. The monoisotopic (exact) mass is 286 g/mol. The molecule has 0 aliphatic carbocycles. The van der Waals surface area contributed by atoms with Crippen LogP contribution in [0.3, 0.4) is 0 Å². The molecule has 5 heteroatoms. The van der Waals surface area contributed by atoms with Crippen LogP contribution >= 0.6 is 0 Å². The van der Waals surface area contributed by atoms with Crippen molar-refractivity contribution in [3.8, 4) is 5.69 Å². The second kappa shape index (κ2) is 7.28. The fourth-order valence-electron chi connectivity index (χ4n) is 1.93. The number of amides is 1. The Morgan fingerprint density at radius 1 is 1.19 bits per heavy atom. The van der Waals surface area contributed by atoms with Crippen LogP contribution in [0.5, 0.6) is 0 Å². The number of hydrogen-bond donors (Lipinski definition) is 1. The average Bonchev–Trinajstić information content (AvgIpc) is 3.02. The number of aromatic nitrogens is 1. The second-order valence-electron chi connectivity index (χ2n) is 4.45. The minimum atomic E-state index is -0.307. The molecule has 0 atom stereocenters. The third-order valence-electron chi connectivity index (χ3n) is 2.93. The Bertz CT molecular complexity index is 606. The van der Waals surface area contributed by atoms with Crippen LogP contribution in [0.2, 0.25) is 0 Å². The molecule has 1 amide bonds. The van der Waals surface area contributed by atoms with Gasteiger partial charge in [0.2, 0.25) is 0 Å². The lowest BCUT2D eigenvalue weighted by molar-refractivity contribution is -0.142. The molecule has 5 nitrogen and oxygen atoms in total. The number of rotatable bonds is 6. The molecule has 1 aromatic carbocycles. The molecule has 110 valence electrons. The highest BCUT2D eigenvalue weighted by Gasteiger charge is 2.08. The van der Waals surface area contributed by atoms with Crippen molar-refractivity contribution in [2.75, 3.05) is 13.2 Å². The highest BCUT2D eigenvalue weighted by molar-refractivity contribution is 5.94. The minimum Gasteiger partial charge on any atom is -0.466 e. The fraction of sp³-hybridized carbons (Fsp3) is 0.250. The molecule has 0 fully saturated rings. The van der Waals surface area contributed by atoms with Crippen molar-refractivity contribution in [3.05, 3.63) is 54.4 Å². The lowest BCUT2D eigenvalue weighted by Gasteiger charge is -2.07. The Balaban J connectivity index is 1.94. The van der Waals surface area contributed by atoms with Crippen LogP contribution in [0, 0.1) is 0 Å². The maximum absolute atomic E-state index is 12.0. The Morgan fingerprint density at radius 2 is 1.95 bits per heavy atom. The van der Waals surface area contributed by atoms with Crippen molar-refractivity contribution in [2.24, 2.45) is 0 Å². The molecule has 1 N–H and O–H groups in total. The number of nitrogens with one attached hydrogen (secondary N) is 1. The molecule has 0 saturated carbocycles. The van der Waals surface area contributed by atoms with Gasteiger partial charge in [-0.1, -0.05) is 6.07 Å². The zero-order valence-corrected chi connectivity index (χ0v) is 11.9. The van der Waals surface area contributed by atoms with Gasteiger partial charge in [0.1, 0.15) is 0 Å². The van der Waals surface area contributed by atoms with Crippen molar-refractivity contribution in [1.29, 1.82) is 0 Å². The lowest BCUT2D eigenvalue weighted by Crippen LogP contribution is -2.26. The average molecular weight is 286 g/mol. The van der Waals surface area contributed by atoms with E-state index in [0.29, 0.717) is 12.2 Å². The molecule has 0 aliphatic heterocycles. The number of hydrogen-bond acceptors (Lipinski definition) is 3. The van der Waals surface area contributed by atoms with Crippen LogP contribution in [0.1, 0.15) is 23.7 Å². The molecule has 2 aromatic rings. The van der Waals surface area contributed by atoms with Crippen LogP contribution in [-0.4, -0.2) is 29.6 Å². The zero-order valence-electron chi connectivity index (χ0n) is 11.9. The second-order valence-corrected chi connectivity index (χ2v) is 4.45. The summed E-state index contributed by atoms with van der Waals surface area (Å²) in [7, 11) is 0. The first-order chi connectivity index (χ1) is 10.2. The number of carbonyl (C=O) groups excluding carboxylic acids is 2. The van der Waals surface area contributed by atoms with Crippen molar-refractivity contribution >= 4 is 11.9 Å². The Kier molecular flexibility index (Phi) is 5.15. The van der Waals surface area contributed by atoms with Gasteiger partial charge in [0.15, 0.2) is 0 Å². The Hall–Kier alpha value is -2.56. The molecule has 21 heavy (non-hydrogen) atoms. The van der Waals surface area contributed by atoms with Crippen molar-refractivity contribution in [3.63, 3.8) is 0 Å². The summed E-state index contributed by atoms with van der Waals surface area (Å²) in [6.07, 6.45) is 4.01. The summed E-state index contributed by atoms with van der Waals surface area (Å²) >= 11 is 0. The molecule has 0 radical (unpaired) electrons. The van der Waals surface area contributed by atoms with Gasteiger partial charge in [0.25, 0.3) is 5.91 Å². The number of carbonyl (C=O) groups is 2. The first-order valence-corrected chi connectivity index (χ1v) is 6.88. The SMILES string of the molecule is CCOC(=O)CCNC(=O)c1cccc(-n2cccc2)c1. The first-order valence-electron chi connectivity index (χ1n) is 6.88. The van der Waals surface area contributed by atoms with E-state index < -0.39 is 0 Å². The summed E-state index contributed by atoms with van der Waals surface area (Å²) < 4.78 is 6.73. The van der Waals surface area contributed by atoms with E-state index >= 15 is 0 Å². The molecule has 2 rings (SSSR count). The first kappa shape index (κ1) is 14.8. The van der Waals surface area contributed by atoms with E-state index in [-0.39, 0.29) is 24.8 Å². The van der Waals surface area contributed by atoms with E-state index in [9.17, 15) is 9.59 Å². The quantitative estimate of drug-likeness (QED) is 0.828. The van der Waals surface area contributed by atoms with Crippen LogP contribution in [0.4, 0.5) is 0 Å². The third kappa shape index (κ3) is 4.21. The van der Waals surface area contributed by atoms with E-state index in [4.69, 9.17) is 4.74 Å². The van der Waals surface area contributed by atoms with Gasteiger partial charge in [0, 0.05) is 30.2 Å². The normalized spacial score (nSPS) is 10.1. The van der Waals surface area contributed by atoms with E-state index in [1.54, 1.807) is 19.1 Å². The maximum atomic E-state index is 12.0. The van der Waals surface area contributed by atoms with Gasteiger partial charge in [-0.15, -0.1) is 0 Å². The number of nitrogens with zero attached hydrogens (tertiary/aromatic N) is 1. The Morgan fingerprint density at radius 3 is 2.67 bits per heavy atom. The minimum absolute atomic E-state index is 0.177. The van der Waals surface area contributed by atoms with Gasteiger partial charge in [-0.05, 0) is 37.3 Å². The van der Waals surface area contributed by atoms with Crippen LogP contribution in [0.15, 0.2) is 48.8 Å². The van der Waals surface area contributed by atoms with Gasteiger partial charge in [0.05, 0.1) is 13.0 Å². The van der Waals surface area contributed by atoms with Gasteiger partial charge in [-0.3, -0.25) is 9.59 Å². The van der Waals surface area contributed by atoms with Crippen molar-refractivity contribution < 1.29 is 14.3 Å². The van der Waals surface area contributed by atoms with Crippen LogP contribution in [-0.2, 0) is 9.53 Å².